The maximum Gasteiger partial charge on any atom is 0.303 e. The summed E-state index contributed by atoms with van der Waals surface area (Å²) in [6.07, 6.45) is 1.68. The molecule has 0 radical (unpaired) electrons. The molecule has 0 bridgehead atoms. The van der Waals surface area contributed by atoms with E-state index in [1.165, 1.54) is 6.07 Å². The lowest BCUT2D eigenvalue weighted by Gasteiger charge is -2.12. The Morgan fingerprint density at radius 1 is 1.39 bits per heavy atom. The van der Waals surface area contributed by atoms with E-state index in [1.807, 2.05) is 0 Å². The van der Waals surface area contributed by atoms with Crippen molar-refractivity contribution in [2.75, 3.05) is 5.75 Å². The first-order valence-electron chi connectivity index (χ1n) is 5.81. The highest BCUT2D eigenvalue weighted by Crippen LogP contribution is 2.49. The second kappa shape index (κ2) is 5.18. The van der Waals surface area contributed by atoms with E-state index in [0.717, 1.165) is 12.8 Å². The third-order valence-corrected chi connectivity index (χ3v) is 4.79. The van der Waals surface area contributed by atoms with Crippen LogP contribution in [0.4, 0.5) is 4.39 Å². The Bertz CT molecular complexity index is 483. The Labute approximate surface area is 107 Å². The number of benzene rings is 1. The van der Waals surface area contributed by atoms with E-state index in [1.54, 1.807) is 18.2 Å². The average Bonchev–Trinajstić information content (AvgIpc) is 3.00. The van der Waals surface area contributed by atoms with Crippen LogP contribution in [0.15, 0.2) is 24.3 Å². The van der Waals surface area contributed by atoms with Gasteiger partial charge in [0.2, 0.25) is 0 Å². The number of hydrogen-bond acceptors (Lipinski definition) is 2. The average molecular weight is 270 g/mol. The lowest BCUT2D eigenvalue weighted by Crippen LogP contribution is -2.17. The Morgan fingerprint density at radius 3 is 2.61 bits per heavy atom. The van der Waals surface area contributed by atoms with Gasteiger partial charge in [-0.25, -0.2) is 4.39 Å². The molecule has 1 N–H and O–H groups in total. The minimum Gasteiger partial charge on any atom is -0.481 e. The first-order chi connectivity index (χ1) is 8.51. The summed E-state index contributed by atoms with van der Waals surface area (Å²) in [6.45, 7) is 0. The quantitative estimate of drug-likeness (QED) is 0.863. The molecule has 1 saturated carbocycles. The maximum atomic E-state index is 13.4. The van der Waals surface area contributed by atoms with Gasteiger partial charge >= 0.3 is 5.97 Å². The van der Waals surface area contributed by atoms with Crippen molar-refractivity contribution in [2.45, 2.75) is 25.0 Å². The van der Waals surface area contributed by atoms with Gasteiger partial charge in [-0.05, 0) is 24.3 Å². The molecular weight excluding hydrogens is 255 g/mol. The molecule has 0 aromatic heterocycles. The van der Waals surface area contributed by atoms with E-state index in [9.17, 15) is 13.4 Å². The van der Waals surface area contributed by atoms with Crippen LogP contribution < -0.4 is 0 Å². The largest absolute Gasteiger partial charge is 0.481 e. The number of hydrogen-bond donors (Lipinski definition) is 1. The number of carboxylic acid groups (broad SMARTS) is 1. The van der Waals surface area contributed by atoms with E-state index in [2.05, 4.69) is 0 Å². The molecule has 0 spiro atoms. The van der Waals surface area contributed by atoms with Gasteiger partial charge in [0, 0.05) is 22.1 Å². The third-order valence-electron chi connectivity index (χ3n) is 3.22. The van der Waals surface area contributed by atoms with Crippen molar-refractivity contribution in [3.63, 3.8) is 0 Å². The molecule has 1 fully saturated rings. The van der Waals surface area contributed by atoms with Crippen LogP contribution in [0.3, 0.4) is 0 Å². The van der Waals surface area contributed by atoms with Gasteiger partial charge in [-0.1, -0.05) is 18.2 Å². The van der Waals surface area contributed by atoms with Gasteiger partial charge in [0.1, 0.15) is 5.82 Å². The molecule has 1 aliphatic rings. The zero-order chi connectivity index (χ0) is 13.2. The fraction of sp³-hybridized carbons (Fsp3) is 0.462. The smallest absolute Gasteiger partial charge is 0.303 e. The summed E-state index contributed by atoms with van der Waals surface area (Å²) in [5.41, 5.74) is 0.129. The summed E-state index contributed by atoms with van der Waals surface area (Å²) in [5, 5.41) is 8.78. The summed E-state index contributed by atoms with van der Waals surface area (Å²) >= 11 is 0. The molecule has 1 atom stereocenters. The van der Waals surface area contributed by atoms with Crippen LogP contribution in [0.1, 0.15) is 24.8 Å². The van der Waals surface area contributed by atoms with Gasteiger partial charge in [0.15, 0.2) is 0 Å². The van der Waals surface area contributed by atoms with Gasteiger partial charge < -0.3 is 5.11 Å². The van der Waals surface area contributed by atoms with Crippen LogP contribution in [0.5, 0.6) is 0 Å². The second-order valence-electron chi connectivity index (χ2n) is 4.89. The highest BCUT2D eigenvalue weighted by atomic mass is 32.2. The topological polar surface area (TPSA) is 54.4 Å². The lowest BCUT2D eigenvalue weighted by atomic mass is 10.1. The molecule has 98 valence electrons. The van der Waals surface area contributed by atoms with Crippen molar-refractivity contribution in [3.8, 4) is 0 Å². The molecule has 2 rings (SSSR count). The number of halogens is 1. The van der Waals surface area contributed by atoms with Gasteiger partial charge in [-0.15, -0.1) is 0 Å². The standard InChI is InChI=1S/C13H15FO3S/c14-11-4-2-1-3-10(11)8-18(17)9-13(5-6-13)7-12(15)16/h1-4H,5-9H2,(H,15,16). The minimum atomic E-state index is -1.21. The number of aliphatic carboxylic acids is 1. The van der Waals surface area contributed by atoms with Crippen molar-refractivity contribution in [1.29, 1.82) is 0 Å². The van der Waals surface area contributed by atoms with Crippen LogP contribution in [0, 0.1) is 11.2 Å². The number of rotatable bonds is 6. The van der Waals surface area contributed by atoms with Crippen LogP contribution in [0.25, 0.3) is 0 Å². The van der Waals surface area contributed by atoms with Crippen LogP contribution >= 0.6 is 0 Å². The van der Waals surface area contributed by atoms with Gasteiger partial charge in [-0.2, -0.15) is 0 Å². The van der Waals surface area contributed by atoms with Crippen molar-refractivity contribution < 1.29 is 18.5 Å². The minimum absolute atomic E-state index is 0.0655. The summed E-state index contributed by atoms with van der Waals surface area (Å²) in [6, 6.07) is 6.26. The molecular formula is C13H15FO3S. The second-order valence-corrected chi connectivity index (χ2v) is 6.35. The summed E-state index contributed by atoms with van der Waals surface area (Å²) < 4.78 is 25.3. The predicted molar refractivity (Wildman–Crippen MR) is 67.0 cm³/mol. The van der Waals surface area contributed by atoms with Gasteiger partial charge in [-0.3, -0.25) is 9.00 Å². The summed E-state index contributed by atoms with van der Waals surface area (Å²) in [7, 11) is -1.21. The predicted octanol–water partition coefficient (Wildman–Crippen LogP) is 2.33. The molecule has 0 amide bonds. The first-order valence-corrected chi connectivity index (χ1v) is 7.30. The highest BCUT2D eigenvalue weighted by Gasteiger charge is 2.45. The van der Waals surface area contributed by atoms with E-state index in [-0.39, 0.29) is 23.4 Å². The highest BCUT2D eigenvalue weighted by molar-refractivity contribution is 7.84. The Kier molecular flexibility index (Phi) is 3.80. The normalized spacial score (nSPS) is 18.3. The van der Waals surface area contributed by atoms with Crippen molar-refractivity contribution in [3.05, 3.63) is 35.6 Å². The Balaban J connectivity index is 1.94. The van der Waals surface area contributed by atoms with Crippen molar-refractivity contribution in [2.24, 2.45) is 5.41 Å². The van der Waals surface area contributed by atoms with E-state index in [0.29, 0.717) is 11.3 Å². The Morgan fingerprint density at radius 2 is 2.06 bits per heavy atom. The summed E-state index contributed by atoms with van der Waals surface area (Å²) in [5.74, 6) is -0.689. The fourth-order valence-electron chi connectivity index (χ4n) is 2.05. The molecule has 1 aromatic rings. The van der Waals surface area contributed by atoms with Crippen LogP contribution in [-0.4, -0.2) is 21.0 Å². The van der Waals surface area contributed by atoms with Crippen molar-refractivity contribution in [1.82, 2.24) is 0 Å². The molecule has 1 unspecified atom stereocenters. The fourth-order valence-corrected chi connectivity index (χ4v) is 3.81. The van der Waals surface area contributed by atoms with Gasteiger partial charge in [0.05, 0.1) is 12.2 Å². The van der Waals surface area contributed by atoms with E-state index >= 15 is 0 Å². The van der Waals surface area contributed by atoms with Gasteiger partial charge in [0.25, 0.3) is 0 Å². The molecule has 0 saturated heterocycles. The van der Waals surface area contributed by atoms with E-state index in [4.69, 9.17) is 5.11 Å². The molecule has 3 nitrogen and oxygen atoms in total. The maximum absolute atomic E-state index is 13.4. The molecule has 1 aliphatic carbocycles. The third kappa shape index (κ3) is 3.38. The number of carboxylic acids is 1. The van der Waals surface area contributed by atoms with Crippen LogP contribution in [0.2, 0.25) is 0 Å². The first kappa shape index (κ1) is 13.2. The Hall–Kier alpha value is -1.23. The molecule has 0 heterocycles. The molecule has 18 heavy (non-hydrogen) atoms. The van der Waals surface area contributed by atoms with Crippen molar-refractivity contribution >= 4 is 16.8 Å². The SMILES string of the molecule is O=C(O)CC1(CS(=O)Cc2ccccc2F)CC1. The zero-order valence-electron chi connectivity index (χ0n) is 9.89. The molecule has 0 aliphatic heterocycles. The molecule has 5 heteroatoms. The molecule has 1 aromatic carbocycles. The number of carbonyl (C=O) groups is 1. The summed E-state index contributed by atoms with van der Waals surface area (Å²) in [4.78, 5) is 10.7. The monoisotopic (exact) mass is 270 g/mol. The van der Waals surface area contributed by atoms with E-state index < -0.39 is 16.8 Å². The zero-order valence-corrected chi connectivity index (χ0v) is 10.7. The lowest BCUT2D eigenvalue weighted by molar-refractivity contribution is -0.138. The van der Waals surface area contributed by atoms with Crippen LogP contribution in [-0.2, 0) is 21.3 Å².